The van der Waals surface area contributed by atoms with Crippen LogP contribution in [0.25, 0.3) is 0 Å². The van der Waals surface area contributed by atoms with E-state index < -0.39 is 24.0 Å². The molecule has 11 heteroatoms. The average molecular weight is 251 g/mol. The van der Waals surface area contributed by atoms with Crippen LogP contribution in [0.15, 0.2) is 0 Å². The number of nitrogens with two attached hydrogens (primary N) is 2. The molecule has 0 fully saturated rings. The summed E-state index contributed by atoms with van der Waals surface area (Å²) in [5, 5.41) is 4.77. The molecule has 0 aliphatic rings. The number of hydrogen-bond donors (Lipinski definition) is 5. The summed E-state index contributed by atoms with van der Waals surface area (Å²) in [6.07, 6.45) is 0. The van der Waals surface area contributed by atoms with Crippen molar-refractivity contribution in [1.29, 1.82) is 5.41 Å². The van der Waals surface area contributed by atoms with Crippen molar-refractivity contribution >= 4 is 36.0 Å². The molecule has 0 aliphatic heterocycles. The minimum absolute atomic E-state index is 0.333. The van der Waals surface area contributed by atoms with E-state index in [-0.39, 0.29) is 5.96 Å². The molecule has 0 heterocycles. The molecular weight excluding hydrogens is 242 g/mol. The Morgan fingerprint density at radius 1 is 1.31 bits per heavy atom. The van der Waals surface area contributed by atoms with Gasteiger partial charge in [-0.25, -0.2) is 4.21 Å². The van der Waals surface area contributed by atoms with Crippen LogP contribution in [0.2, 0.25) is 0 Å². The van der Waals surface area contributed by atoms with Crippen LogP contribution in [0.3, 0.4) is 0 Å². The van der Waals surface area contributed by atoms with Crippen molar-refractivity contribution in [2.24, 2.45) is 11.5 Å². The topological polar surface area (TPSA) is 168 Å². The third-order valence-electron chi connectivity index (χ3n) is 0.298. The van der Waals surface area contributed by atoms with Gasteiger partial charge in [0.1, 0.15) is 0 Å². The molecule has 0 radical (unpaired) electrons. The lowest BCUT2D eigenvalue weighted by atomic mass is 11.1. The maximum absolute atomic E-state index is 10.0. The molecular formula is C2H9N3O5S3. The predicted octanol–water partition coefficient (Wildman–Crippen LogP) is -2.11. The highest BCUT2D eigenvalue weighted by Crippen LogP contribution is 1.89. The summed E-state index contributed by atoms with van der Waals surface area (Å²) in [4.78, 5) is 0. The Bertz CT molecular complexity index is 320. The second-order valence-corrected chi connectivity index (χ2v) is 6.57. The van der Waals surface area contributed by atoms with E-state index in [1.54, 1.807) is 0 Å². The maximum Gasteiger partial charge on any atom is 0.279 e. The zero-order valence-electron chi connectivity index (χ0n) is 6.21. The van der Waals surface area contributed by atoms with Crippen LogP contribution in [0.1, 0.15) is 0 Å². The van der Waals surface area contributed by atoms with E-state index in [1.807, 2.05) is 0 Å². The summed E-state index contributed by atoms with van der Waals surface area (Å²) < 4.78 is 45.7. The number of guanidine groups is 1. The SMILES string of the molecule is N=C(N)N.O=S(=O)(O)CS(=O)(O)=S. The lowest BCUT2D eigenvalue weighted by molar-refractivity contribution is 0.486. The van der Waals surface area contributed by atoms with Gasteiger partial charge in [-0.15, -0.1) is 0 Å². The second kappa shape index (κ2) is 5.29. The van der Waals surface area contributed by atoms with Gasteiger partial charge in [0.2, 0.25) is 0 Å². The Balaban J connectivity index is 0. The van der Waals surface area contributed by atoms with Crippen LogP contribution in [0.4, 0.5) is 0 Å². The van der Waals surface area contributed by atoms with Gasteiger partial charge in [0.25, 0.3) is 10.1 Å². The molecule has 0 aromatic carbocycles. The fourth-order valence-electron chi connectivity index (χ4n) is 0.188. The molecule has 0 saturated heterocycles. The van der Waals surface area contributed by atoms with Gasteiger partial charge in [-0.2, -0.15) is 8.42 Å². The Morgan fingerprint density at radius 3 is 1.54 bits per heavy atom. The van der Waals surface area contributed by atoms with Gasteiger partial charge in [-0.05, 0) is 0 Å². The summed E-state index contributed by atoms with van der Waals surface area (Å²) in [6.45, 7) is 0. The zero-order chi connectivity index (χ0) is 11.3. The molecule has 0 aromatic rings. The standard InChI is InChI=1S/CH5N3.CH4O5S3/c2-1(3)4;2-8(3,4)1-9(5,6)7/h(H5,2,3,4);1H2,(H,2,3,4)(H,5,6,7). The molecule has 0 bridgehead atoms. The highest BCUT2D eigenvalue weighted by Gasteiger charge is 2.12. The average Bonchev–Trinajstić information content (AvgIpc) is 1.47. The lowest BCUT2D eigenvalue weighted by Gasteiger charge is -1.92. The molecule has 0 aliphatic carbocycles. The smallest absolute Gasteiger partial charge is 0.279 e. The molecule has 8 nitrogen and oxygen atoms in total. The Kier molecular flexibility index (Phi) is 6.10. The summed E-state index contributed by atoms with van der Waals surface area (Å²) in [6, 6.07) is 0. The molecule has 13 heavy (non-hydrogen) atoms. The normalized spacial score (nSPS) is 14.9. The van der Waals surface area contributed by atoms with Crippen LogP contribution >= 0.6 is 0 Å². The van der Waals surface area contributed by atoms with E-state index in [9.17, 15) is 12.6 Å². The van der Waals surface area contributed by atoms with E-state index in [0.29, 0.717) is 0 Å². The van der Waals surface area contributed by atoms with Gasteiger partial charge in [-0.1, -0.05) is 0 Å². The number of nitrogens with one attached hydrogen (secondary N) is 1. The molecule has 0 spiro atoms. The van der Waals surface area contributed by atoms with E-state index in [4.69, 9.17) is 14.5 Å². The zero-order valence-corrected chi connectivity index (χ0v) is 8.66. The first-order valence-corrected chi connectivity index (χ1v) is 6.65. The van der Waals surface area contributed by atoms with Crippen LogP contribution in [-0.2, 0) is 30.1 Å². The molecule has 0 amide bonds. The minimum Gasteiger partial charge on any atom is -0.370 e. The quantitative estimate of drug-likeness (QED) is 0.211. The van der Waals surface area contributed by atoms with Gasteiger partial charge in [-0.3, -0.25) is 9.96 Å². The van der Waals surface area contributed by atoms with Crippen LogP contribution in [0.5, 0.6) is 0 Å². The molecule has 0 rings (SSSR count). The summed E-state index contributed by atoms with van der Waals surface area (Å²) >= 11 is 3.78. The molecule has 0 saturated carbocycles. The Morgan fingerprint density at radius 2 is 1.54 bits per heavy atom. The van der Waals surface area contributed by atoms with Crippen molar-refractivity contribution in [3.63, 3.8) is 0 Å². The molecule has 1 atom stereocenters. The van der Waals surface area contributed by atoms with Crippen molar-refractivity contribution in [3.05, 3.63) is 0 Å². The lowest BCUT2D eigenvalue weighted by Crippen LogP contribution is -2.20. The Labute approximate surface area is 80.1 Å². The third kappa shape index (κ3) is 34.3. The minimum atomic E-state index is -4.41. The monoisotopic (exact) mass is 251 g/mol. The van der Waals surface area contributed by atoms with Gasteiger partial charge >= 0.3 is 0 Å². The van der Waals surface area contributed by atoms with Crippen LogP contribution in [-0.4, -0.2) is 32.8 Å². The van der Waals surface area contributed by atoms with Crippen molar-refractivity contribution in [2.45, 2.75) is 0 Å². The predicted molar refractivity (Wildman–Crippen MR) is 50.7 cm³/mol. The van der Waals surface area contributed by atoms with Gasteiger partial charge < -0.3 is 16.0 Å². The highest BCUT2D eigenvalue weighted by molar-refractivity contribution is 8.33. The van der Waals surface area contributed by atoms with Gasteiger partial charge in [0.15, 0.2) is 19.8 Å². The maximum atomic E-state index is 10.0. The summed E-state index contributed by atoms with van der Waals surface area (Å²) in [5.74, 6) is -0.333. The fraction of sp³-hybridized carbons (Fsp3) is 0.500. The van der Waals surface area contributed by atoms with Gasteiger partial charge in [0, 0.05) is 11.2 Å². The molecule has 0 aromatic heterocycles. The Hall–Kier alpha value is -0.490. The number of rotatable bonds is 2. The third-order valence-corrected chi connectivity index (χ3v) is 3.55. The second-order valence-electron chi connectivity index (χ2n) is 1.74. The number of hydrogen-bond acceptors (Lipinski definition) is 5. The van der Waals surface area contributed by atoms with Crippen molar-refractivity contribution < 1.29 is 21.7 Å². The van der Waals surface area contributed by atoms with E-state index in [0.717, 1.165) is 0 Å². The summed E-state index contributed by atoms with van der Waals surface area (Å²) in [7, 11) is -8.20. The van der Waals surface area contributed by atoms with Crippen molar-refractivity contribution in [1.82, 2.24) is 0 Å². The first-order chi connectivity index (χ1) is 5.44. The summed E-state index contributed by atoms with van der Waals surface area (Å²) in [5.41, 5.74) is 8.94. The molecule has 80 valence electrons. The first-order valence-electron chi connectivity index (χ1n) is 2.44. The van der Waals surface area contributed by atoms with Crippen LogP contribution < -0.4 is 11.5 Å². The van der Waals surface area contributed by atoms with Gasteiger partial charge in [0.05, 0.1) is 0 Å². The van der Waals surface area contributed by atoms with Crippen LogP contribution in [0, 0.1) is 5.41 Å². The first kappa shape index (κ1) is 15.0. The molecule has 7 N–H and O–H groups in total. The van der Waals surface area contributed by atoms with E-state index >= 15 is 0 Å². The highest BCUT2D eigenvalue weighted by atomic mass is 32.8. The molecule has 1 unspecified atom stereocenters. The van der Waals surface area contributed by atoms with E-state index in [2.05, 4.69) is 22.7 Å². The van der Waals surface area contributed by atoms with Crippen molar-refractivity contribution in [3.8, 4) is 0 Å². The largest absolute Gasteiger partial charge is 0.370 e. The fourth-order valence-corrected chi connectivity index (χ4v) is 2.79. The van der Waals surface area contributed by atoms with Crippen molar-refractivity contribution in [2.75, 3.05) is 5.08 Å². The van der Waals surface area contributed by atoms with E-state index in [1.165, 1.54) is 0 Å².